The van der Waals surface area contributed by atoms with E-state index in [1.165, 1.54) is 0 Å². The van der Waals surface area contributed by atoms with Crippen LogP contribution >= 0.6 is 34.8 Å². The lowest BCUT2D eigenvalue weighted by Gasteiger charge is -2.09. The van der Waals surface area contributed by atoms with Gasteiger partial charge in [0.25, 0.3) is 5.91 Å². The molecule has 4 rings (SSSR count). The highest BCUT2D eigenvalue weighted by molar-refractivity contribution is 6.43. The number of fused-ring (bicyclic) bond motifs is 1. The van der Waals surface area contributed by atoms with E-state index >= 15 is 0 Å². The fourth-order valence-corrected chi connectivity index (χ4v) is 3.51. The highest BCUT2D eigenvalue weighted by atomic mass is 35.5. The van der Waals surface area contributed by atoms with Crippen LogP contribution in [0.15, 0.2) is 59.0 Å². The highest BCUT2D eigenvalue weighted by Crippen LogP contribution is 2.34. The van der Waals surface area contributed by atoms with E-state index in [0.717, 1.165) is 5.56 Å². The highest BCUT2D eigenvalue weighted by Gasteiger charge is 2.14. The summed E-state index contributed by atoms with van der Waals surface area (Å²) >= 11 is 18.2. The summed E-state index contributed by atoms with van der Waals surface area (Å²) in [6, 6.07) is 15.6. The molecule has 0 unspecified atom stereocenters. The van der Waals surface area contributed by atoms with Gasteiger partial charge in [0.15, 0.2) is 12.2 Å². The Morgan fingerprint density at radius 1 is 1.10 bits per heavy atom. The van der Waals surface area contributed by atoms with Gasteiger partial charge in [-0.1, -0.05) is 40.9 Å². The molecule has 0 fully saturated rings. The van der Waals surface area contributed by atoms with Crippen LogP contribution in [-0.2, 0) is 4.79 Å². The van der Waals surface area contributed by atoms with Crippen LogP contribution in [0.4, 0.5) is 5.69 Å². The average Bonchev–Trinajstić information content (AvgIpc) is 3.12. The van der Waals surface area contributed by atoms with Crippen molar-refractivity contribution in [2.45, 2.75) is 6.92 Å². The van der Waals surface area contributed by atoms with Crippen molar-refractivity contribution in [2.24, 2.45) is 0 Å². The van der Waals surface area contributed by atoms with Gasteiger partial charge in [-0.05, 0) is 61.0 Å². The Labute approximate surface area is 187 Å². The van der Waals surface area contributed by atoms with Crippen LogP contribution in [0.3, 0.4) is 0 Å². The molecular weight excluding hydrogens is 447 g/mol. The van der Waals surface area contributed by atoms with Crippen LogP contribution in [-0.4, -0.2) is 17.5 Å². The number of hydrogen-bond acceptors (Lipinski definition) is 4. The monoisotopic (exact) mass is 460 g/mol. The molecule has 8 heteroatoms. The number of nitrogens with one attached hydrogen (secondary N) is 1. The Balaban J connectivity index is 1.48. The molecule has 0 saturated heterocycles. The molecule has 0 radical (unpaired) electrons. The van der Waals surface area contributed by atoms with Crippen molar-refractivity contribution in [3.63, 3.8) is 0 Å². The van der Waals surface area contributed by atoms with Crippen molar-refractivity contribution < 1.29 is 13.9 Å². The third-order valence-electron chi connectivity index (χ3n) is 4.35. The summed E-state index contributed by atoms with van der Waals surface area (Å²) in [6.07, 6.45) is 0. The standard InChI is InChI=1S/C22H15Cl3N2O3/c1-12-9-13(23)5-7-18(12)29-11-20(28)26-14-6-8-19-17(10-14)27-22(30-19)15-3-2-4-16(24)21(15)25/h2-10H,11H2,1H3,(H,26,28). The molecule has 1 aromatic heterocycles. The van der Waals surface area contributed by atoms with Gasteiger partial charge in [-0.2, -0.15) is 0 Å². The fraction of sp³-hybridized carbons (Fsp3) is 0.0909. The number of carbonyl (C=O) groups excluding carboxylic acids is 1. The minimum absolute atomic E-state index is 0.136. The molecule has 0 aliphatic rings. The first-order chi connectivity index (χ1) is 14.4. The smallest absolute Gasteiger partial charge is 0.262 e. The number of oxazole rings is 1. The van der Waals surface area contributed by atoms with E-state index in [1.54, 1.807) is 54.6 Å². The van der Waals surface area contributed by atoms with E-state index in [4.69, 9.17) is 44.0 Å². The van der Waals surface area contributed by atoms with Crippen LogP contribution in [0.25, 0.3) is 22.6 Å². The molecule has 3 aromatic carbocycles. The van der Waals surface area contributed by atoms with Gasteiger partial charge >= 0.3 is 0 Å². The zero-order valence-corrected chi connectivity index (χ0v) is 18.0. The molecule has 0 aliphatic heterocycles. The zero-order chi connectivity index (χ0) is 21.3. The van der Waals surface area contributed by atoms with Crippen LogP contribution in [0.5, 0.6) is 5.75 Å². The Morgan fingerprint density at radius 2 is 1.93 bits per heavy atom. The predicted molar refractivity (Wildman–Crippen MR) is 120 cm³/mol. The second kappa shape index (κ2) is 8.56. The number of ether oxygens (including phenoxy) is 1. The minimum Gasteiger partial charge on any atom is -0.483 e. The maximum atomic E-state index is 12.3. The number of benzene rings is 3. The molecule has 0 spiro atoms. The maximum Gasteiger partial charge on any atom is 0.262 e. The molecule has 152 valence electrons. The lowest BCUT2D eigenvalue weighted by molar-refractivity contribution is -0.118. The third-order valence-corrected chi connectivity index (χ3v) is 5.40. The fourth-order valence-electron chi connectivity index (χ4n) is 2.90. The molecule has 0 aliphatic carbocycles. The maximum absolute atomic E-state index is 12.3. The van der Waals surface area contributed by atoms with Crippen molar-refractivity contribution in [3.8, 4) is 17.2 Å². The van der Waals surface area contributed by atoms with E-state index in [0.29, 0.717) is 49.1 Å². The van der Waals surface area contributed by atoms with E-state index in [9.17, 15) is 4.79 Å². The van der Waals surface area contributed by atoms with E-state index in [1.807, 2.05) is 6.92 Å². The summed E-state index contributed by atoms with van der Waals surface area (Å²) in [5, 5.41) is 4.19. The molecule has 4 aromatic rings. The van der Waals surface area contributed by atoms with Gasteiger partial charge in [0, 0.05) is 10.7 Å². The van der Waals surface area contributed by atoms with Crippen molar-refractivity contribution >= 4 is 57.5 Å². The summed E-state index contributed by atoms with van der Waals surface area (Å²) in [6.45, 7) is 1.73. The van der Waals surface area contributed by atoms with E-state index in [2.05, 4.69) is 10.3 Å². The predicted octanol–water partition coefficient (Wildman–Crippen LogP) is 6.78. The Bertz CT molecular complexity index is 1250. The first kappa shape index (κ1) is 20.5. The lowest BCUT2D eigenvalue weighted by atomic mass is 10.2. The molecule has 0 atom stereocenters. The molecule has 5 nitrogen and oxygen atoms in total. The minimum atomic E-state index is -0.301. The number of anilines is 1. The van der Waals surface area contributed by atoms with Crippen molar-refractivity contribution in [1.29, 1.82) is 0 Å². The van der Waals surface area contributed by atoms with Crippen molar-refractivity contribution in [2.75, 3.05) is 11.9 Å². The van der Waals surface area contributed by atoms with E-state index in [-0.39, 0.29) is 12.5 Å². The third kappa shape index (κ3) is 4.38. The van der Waals surface area contributed by atoms with Crippen LogP contribution < -0.4 is 10.1 Å². The first-order valence-corrected chi connectivity index (χ1v) is 10.1. The van der Waals surface area contributed by atoms with Crippen molar-refractivity contribution in [1.82, 2.24) is 4.98 Å². The Hall–Kier alpha value is -2.73. The SMILES string of the molecule is Cc1cc(Cl)ccc1OCC(=O)Nc1ccc2oc(-c3cccc(Cl)c3Cl)nc2c1. The Kier molecular flexibility index (Phi) is 5.86. The molecule has 0 saturated carbocycles. The summed E-state index contributed by atoms with van der Waals surface area (Å²) in [5.41, 5.74) is 3.16. The van der Waals surface area contributed by atoms with Gasteiger partial charge in [0.05, 0.1) is 15.6 Å². The second-order valence-corrected chi connectivity index (χ2v) is 7.77. The van der Waals surface area contributed by atoms with Crippen LogP contribution in [0.2, 0.25) is 15.1 Å². The molecule has 1 amide bonds. The number of aryl methyl sites for hydroxylation is 1. The Morgan fingerprint density at radius 3 is 2.73 bits per heavy atom. The van der Waals surface area contributed by atoms with Crippen LogP contribution in [0, 0.1) is 6.92 Å². The number of hydrogen-bond donors (Lipinski definition) is 1. The number of amides is 1. The van der Waals surface area contributed by atoms with Gasteiger partial charge in [0.1, 0.15) is 11.3 Å². The van der Waals surface area contributed by atoms with Gasteiger partial charge in [0.2, 0.25) is 5.89 Å². The van der Waals surface area contributed by atoms with Gasteiger partial charge in [-0.25, -0.2) is 4.98 Å². The topological polar surface area (TPSA) is 64.4 Å². The first-order valence-electron chi connectivity index (χ1n) is 8.94. The lowest BCUT2D eigenvalue weighted by Crippen LogP contribution is -2.20. The summed E-state index contributed by atoms with van der Waals surface area (Å²) in [7, 11) is 0. The molecule has 0 bridgehead atoms. The molecule has 1 heterocycles. The summed E-state index contributed by atoms with van der Waals surface area (Å²) in [5.74, 6) is 0.650. The number of aromatic nitrogens is 1. The number of halogens is 3. The average molecular weight is 462 g/mol. The number of carbonyl (C=O) groups is 1. The number of rotatable bonds is 5. The quantitative estimate of drug-likeness (QED) is 0.356. The molecule has 1 N–H and O–H groups in total. The summed E-state index contributed by atoms with van der Waals surface area (Å²) in [4.78, 5) is 16.7. The van der Waals surface area contributed by atoms with Gasteiger partial charge in [-0.3, -0.25) is 4.79 Å². The second-order valence-electron chi connectivity index (χ2n) is 6.55. The number of nitrogens with zero attached hydrogens (tertiary/aromatic N) is 1. The normalized spacial score (nSPS) is 10.9. The van der Waals surface area contributed by atoms with Crippen LogP contribution in [0.1, 0.15) is 5.56 Å². The van der Waals surface area contributed by atoms with E-state index < -0.39 is 0 Å². The molecular formula is C22H15Cl3N2O3. The summed E-state index contributed by atoms with van der Waals surface area (Å²) < 4.78 is 11.3. The van der Waals surface area contributed by atoms with Gasteiger partial charge < -0.3 is 14.5 Å². The van der Waals surface area contributed by atoms with Crippen molar-refractivity contribution in [3.05, 3.63) is 75.2 Å². The van der Waals surface area contributed by atoms with Gasteiger partial charge in [-0.15, -0.1) is 0 Å². The largest absolute Gasteiger partial charge is 0.483 e. The molecule has 30 heavy (non-hydrogen) atoms. The zero-order valence-electron chi connectivity index (χ0n) is 15.7.